The summed E-state index contributed by atoms with van der Waals surface area (Å²) in [6.07, 6.45) is 2.34. The molecule has 0 amide bonds. The highest BCUT2D eigenvalue weighted by Gasteiger charge is 2.25. The third-order valence-corrected chi connectivity index (χ3v) is 4.80. The lowest BCUT2D eigenvalue weighted by Gasteiger charge is -2.30. The van der Waals surface area contributed by atoms with E-state index in [0.29, 0.717) is 25.6 Å². The molecule has 1 fully saturated rings. The molecule has 0 radical (unpaired) electrons. The number of fused-ring (bicyclic) bond motifs is 1. The van der Waals surface area contributed by atoms with Crippen molar-refractivity contribution in [2.24, 2.45) is 0 Å². The second kappa shape index (κ2) is 7.28. The van der Waals surface area contributed by atoms with E-state index in [1.807, 2.05) is 30.3 Å². The summed E-state index contributed by atoms with van der Waals surface area (Å²) in [7, 11) is 2.10. The van der Waals surface area contributed by atoms with Crippen LogP contribution in [-0.2, 0) is 17.8 Å². The van der Waals surface area contributed by atoms with Crippen molar-refractivity contribution in [2.45, 2.75) is 19.2 Å². The van der Waals surface area contributed by atoms with Gasteiger partial charge in [-0.3, -0.25) is 0 Å². The van der Waals surface area contributed by atoms with E-state index in [1.54, 1.807) is 4.90 Å². The van der Waals surface area contributed by atoms with Crippen molar-refractivity contribution in [3.8, 4) is 17.5 Å². The minimum Gasteiger partial charge on any atom is -0.374 e. The molecular weight excluding hydrogens is 328 g/mol. The number of nitrogens with one attached hydrogen (secondary N) is 1. The quantitative estimate of drug-likeness (QED) is 0.841. The standard InChI is InChI=1S/C19H22N6O/c1-24-7-8-26-15(10-24)9-21-19-22-17-12-25(13-20)11-16(17)18(23-19)14-5-3-2-4-6-14/h2-6,15H,7-12H2,1H3,(H,21,22,23). The predicted octanol–water partition coefficient (Wildman–Crippen LogP) is 1.68. The number of nitrogens with zero attached hydrogens (tertiary/aromatic N) is 5. The second-order valence-corrected chi connectivity index (χ2v) is 6.78. The van der Waals surface area contributed by atoms with Crippen LogP contribution < -0.4 is 5.32 Å². The fourth-order valence-electron chi connectivity index (χ4n) is 3.43. The van der Waals surface area contributed by atoms with Gasteiger partial charge in [0.1, 0.15) is 0 Å². The number of likely N-dealkylation sites (N-methyl/N-ethyl adjacent to an activating group) is 1. The van der Waals surface area contributed by atoms with Gasteiger partial charge in [0.05, 0.1) is 37.2 Å². The minimum absolute atomic E-state index is 0.126. The van der Waals surface area contributed by atoms with Crippen LogP contribution in [0.1, 0.15) is 11.3 Å². The average molecular weight is 350 g/mol. The van der Waals surface area contributed by atoms with E-state index in [-0.39, 0.29) is 6.10 Å². The molecule has 1 N–H and O–H groups in total. The van der Waals surface area contributed by atoms with Crippen LogP contribution in [-0.4, -0.2) is 59.2 Å². The Labute approximate surface area is 153 Å². The first kappa shape index (κ1) is 16.8. The molecule has 3 heterocycles. The Kier molecular flexibility index (Phi) is 4.69. The molecule has 1 unspecified atom stereocenters. The van der Waals surface area contributed by atoms with Gasteiger partial charge < -0.3 is 19.9 Å². The predicted molar refractivity (Wildman–Crippen MR) is 98.1 cm³/mol. The summed E-state index contributed by atoms with van der Waals surface area (Å²) in [5.74, 6) is 0.596. The lowest BCUT2D eigenvalue weighted by molar-refractivity contribution is -0.0117. The molecule has 0 bridgehead atoms. The van der Waals surface area contributed by atoms with Gasteiger partial charge in [-0.05, 0) is 7.05 Å². The molecule has 134 valence electrons. The van der Waals surface area contributed by atoms with Crippen LogP contribution in [0.4, 0.5) is 5.95 Å². The number of nitriles is 1. The zero-order valence-corrected chi connectivity index (χ0v) is 14.9. The lowest BCUT2D eigenvalue weighted by atomic mass is 10.1. The van der Waals surface area contributed by atoms with Gasteiger partial charge in [-0.1, -0.05) is 30.3 Å². The van der Waals surface area contributed by atoms with E-state index in [0.717, 1.165) is 42.2 Å². The first-order valence-electron chi connectivity index (χ1n) is 8.87. The third-order valence-electron chi connectivity index (χ3n) is 4.80. The lowest BCUT2D eigenvalue weighted by Crippen LogP contribution is -2.43. The van der Waals surface area contributed by atoms with Crippen LogP contribution in [0.15, 0.2) is 30.3 Å². The van der Waals surface area contributed by atoms with Gasteiger partial charge in [0.25, 0.3) is 0 Å². The Morgan fingerprint density at radius 2 is 2.12 bits per heavy atom. The van der Waals surface area contributed by atoms with Crippen LogP contribution in [0.25, 0.3) is 11.3 Å². The van der Waals surface area contributed by atoms with Gasteiger partial charge >= 0.3 is 0 Å². The molecule has 4 rings (SSSR count). The molecule has 2 aromatic rings. The maximum absolute atomic E-state index is 9.26. The molecule has 1 saturated heterocycles. The van der Waals surface area contributed by atoms with Crippen molar-refractivity contribution in [3.05, 3.63) is 41.6 Å². The smallest absolute Gasteiger partial charge is 0.223 e. The molecule has 2 aliphatic heterocycles. The van der Waals surface area contributed by atoms with Crippen LogP contribution in [0.3, 0.4) is 0 Å². The van der Waals surface area contributed by atoms with Crippen molar-refractivity contribution in [2.75, 3.05) is 38.6 Å². The summed E-state index contributed by atoms with van der Waals surface area (Å²) in [5, 5.41) is 12.6. The number of rotatable bonds is 4. The molecular formula is C19H22N6O. The normalized spacial score (nSPS) is 19.8. The van der Waals surface area contributed by atoms with Crippen molar-refractivity contribution in [1.29, 1.82) is 5.26 Å². The first-order valence-corrected chi connectivity index (χ1v) is 8.87. The number of morpholine rings is 1. The molecule has 7 nitrogen and oxygen atoms in total. The topological polar surface area (TPSA) is 77.3 Å². The fraction of sp³-hybridized carbons (Fsp3) is 0.421. The Bertz CT molecular complexity index is 819. The Hall–Kier alpha value is -2.69. The molecule has 2 aliphatic rings. The molecule has 7 heteroatoms. The molecule has 1 aromatic carbocycles. The van der Waals surface area contributed by atoms with Gasteiger partial charge in [0, 0.05) is 30.8 Å². The maximum Gasteiger partial charge on any atom is 0.223 e. The number of ether oxygens (including phenoxy) is 1. The van der Waals surface area contributed by atoms with Crippen molar-refractivity contribution in [1.82, 2.24) is 19.8 Å². The maximum atomic E-state index is 9.26. The summed E-state index contributed by atoms with van der Waals surface area (Å²) in [4.78, 5) is 13.4. The van der Waals surface area contributed by atoms with E-state index < -0.39 is 0 Å². The number of benzene rings is 1. The molecule has 0 aliphatic carbocycles. The Morgan fingerprint density at radius 1 is 1.27 bits per heavy atom. The second-order valence-electron chi connectivity index (χ2n) is 6.78. The van der Waals surface area contributed by atoms with Gasteiger partial charge in [0.15, 0.2) is 6.19 Å². The number of aromatic nitrogens is 2. The number of hydrogen-bond donors (Lipinski definition) is 1. The van der Waals surface area contributed by atoms with Crippen LogP contribution in [0.5, 0.6) is 0 Å². The van der Waals surface area contributed by atoms with Gasteiger partial charge in [0.2, 0.25) is 5.95 Å². The van der Waals surface area contributed by atoms with Crippen LogP contribution in [0, 0.1) is 11.5 Å². The first-order chi connectivity index (χ1) is 12.7. The van der Waals surface area contributed by atoms with E-state index in [2.05, 4.69) is 28.4 Å². The minimum atomic E-state index is 0.126. The number of hydrogen-bond acceptors (Lipinski definition) is 7. The third kappa shape index (κ3) is 3.47. The van der Waals surface area contributed by atoms with E-state index >= 15 is 0 Å². The van der Waals surface area contributed by atoms with Crippen molar-refractivity contribution < 1.29 is 4.74 Å². The van der Waals surface area contributed by atoms with Gasteiger partial charge in [-0.15, -0.1) is 0 Å². The zero-order valence-electron chi connectivity index (χ0n) is 14.9. The van der Waals surface area contributed by atoms with Crippen LogP contribution in [0.2, 0.25) is 0 Å². The highest BCUT2D eigenvalue weighted by molar-refractivity contribution is 5.66. The summed E-state index contributed by atoms with van der Waals surface area (Å²) in [6.45, 7) is 4.37. The Balaban J connectivity index is 1.59. The summed E-state index contributed by atoms with van der Waals surface area (Å²) in [5.41, 5.74) is 3.90. The Morgan fingerprint density at radius 3 is 2.88 bits per heavy atom. The van der Waals surface area contributed by atoms with E-state index in [1.165, 1.54) is 0 Å². The van der Waals surface area contributed by atoms with Gasteiger partial charge in [-0.25, -0.2) is 9.97 Å². The van der Waals surface area contributed by atoms with E-state index in [4.69, 9.17) is 9.72 Å². The van der Waals surface area contributed by atoms with Crippen molar-refractivity contribution >= 4 is 5.95 Å². The molecule has 1 aromatic heterocycles. The molecule has 1 atom stereocenters. The zero-order chi connectivity index (χ0) is 17.9. The molecule has 0 saturated carbocycles. The number of anilines is 1. The summed E-state index contributed by atoms with van der Waals surface area (Å²) < 4.78 is 5.80. The van der Waals surface area contributed by atoms with Crippen LogP contribution >= 0.6 is 0 Å². The highest BCUT2D eigenvalue weighted by atomic mass is 16.5. The average Bonchev–Trinajstić information content (AvgIpc) is 3.10. The monoisotopic (exact) mass is 350 g/mol. The molecule has 0 spiro atoms. The van der Waals surface area contributed by atoms with Crippen molar-refractivity contribution in [3.63, 3.8) is 0 Å². The summed E-state index contributed by atoms with van der Waals surface area (Å²) >= 11 is 0. The SMILES string of the molecule is CN1CCOC(CNc2nc3c(c(-c4ccccc4)n2)CN(C#N)C3)C1. The highest BCUT2D eigenvalue weighted by Crippen LogP contribution is 2.31. The van der Waals surface area contributed by atoms with Gasteiger partial charge in [-0.2, -0.15) is 5.26 Å². The van der Waals surface area contributed by atoms with E-state index in [9.17, 15) is 5.26 Å². The molecule has 26 heavy (non-hydrogen) atoms. The fourth-order valence-corrected chi connectivity index (χ4v) is 3.43. The largest absolute Gasteiger partial charge is 0.374 e. The summed E-state index contributed by atoms with van der Waals surface area (Å²) in [6, 6.07) is 10.1.